The van der Waals surface area contributed by atoms with Crippen LogP contribution in [0.15, 0.2) is 35.9 Å². The number of aromatic nitrogens is 2. The van der Waals surface area contributed by atoms with Gasteiger partial charge in [-0.25, -0.2) is 19.5 Å². The Morgan fingerprint density at radius 1 is 1.42 bits per heavy atom. The molecule has 0 aliphatic carbocycles. The highest BCUT2D eigenvalue weighted by molar-refractivity contribution is 7.56. The van der Waals surface area contributed by atoms with Crippen molar-refractivity contribution in [1.82, 2.24) is 14.6 Å². The molecule has 11 nitrogen and oxygen atoms in total. The molecule has 4 N–H and O–H groups in total. The Balaban J connectivity index is 1.54. The van der Waals surface area contributed by atoms with Crippen molar-refractivity contribution in [3.05, 3.63) is 36.4 Å². The second-order valence-corrected chi connectivity index (χ2v) is 12.6. The lowest BCUT2D eigenvalue weighted by molar-refractivity contribution is -0.149. The Hall–Kier alpha value is -2.79. The number of amidine groups is 1. The standard InChI is InChI=1S/C25H36FN6O5P/c1-8-25(6)20(11-35-38(7,34)31-14(4)24(33)36-13(2)3)37-23(21(25)26)32-12-28-18-9-16-17(10-19(18)32)29-15(5)30-22(16)27/h9-10,12-14,20-21,23,29H,5,8,11H2,1-4,6-7H3,(H2,27,30)(H,31,34)/t14-,20+,21-,23+,25?,38?/m0/s1. The van der Waals surface area contributed by atoms with Gasteiger partial charge < -0.3 is 29.6 Å². The molecule has 3 heterocycles. The van der Waals surface area contributed by atoms with E-state index >= 15 is 4.39 Å². The molecule has 1 saturated heterocycles. The van der Waals surface area contributed by atoms with Crippen molar-refractivity contribution in [2.24, 2.45) is 16.1 Å². The molecule has 0 radical (unpaired) electrons. The van der Waals surface area contributed by atoms with Crippen LogP contribution in [0, 0.1) is 5.41 Å². The summed E-state index contributed by atoms with van der Waals surface area (Å²) >= 11 is 0. The quantitative estimate of drug-likeness (QED) is 0.311. The average molecular weight is 551 g/mol. The summed E-state index contributed by atoms with van der Waals surface area (Å²) in [5.74, 6) is 0.187. The summed E-state index contributed by atoms with van der Waals surface area (Å²) in [6.07, 6.45) is -1.43. The lowest BCUT2D eigenvalue weighted by Crippen LogP contribution is -2.38. The number of anilines is 1. The number of fused-ring (bicyclic) bond motifs is 2. The molecule has 2 aliphatic rings. The van der Waals surface area contributed by atoms with E-state index in [1.807, 2.05) is 13.0 Å². The van der Waals surface area contributed by atoms with E-state index in [9.17, 15) is 9.36 Å². The molecule has 208 valence electrons. The second-order valence-electron chi connectivity index (χ2n) is 10.4. The molecule has 2 aliphatic heterocycles. The number of rotatable bonds is 9. The van der Waals surface area contributed by atoms with Gasteiger partial charge in [0.05, 0.1) is 41.9 Å². The Labute approximate surface area is 221 Å². The van der Waals surface area contributed by atoms with E-state index < -0.39 is 43.4 Å². The van der Waals surface area contributed by atoms with Crippen LogP contribution in [0.5, 0.6) is 0 Å². The molecule has 0 spiro atoms. The van der Waals surface area contributed by atoms with Crippen molar-refractivity contribution in [2.45, 2.75) is 71.7 Å². The van der Waals surface area contributed by atoms with Crippen molar-refractivity contribution in [3.63, 3.8) is 0 Å². The first kappa shape index (κ1) is 28.2. The molecule has 4 rings (SSSR count). The SMILES string of the molecule is C=C1N=C(N)c2cc3ncn([C@@H]4O[C@H](COP(C)(=O)N[C@@H](C)C(=O)OC(C)C)C(C)(CC)[C@H]4F)c3cc2N1. The van der Waals surface area contributed by atoms with Crippen LogP contribution in [-0.2, 0) is 23.4 Å². The van der Waals surface area contributed by atoms with E-state index in [0.717, 1.165) is 0 Å². The minimum Gasteiger partial charge on any atom is -0.462 e. The largest absolute Gasteiger partial charge is 0.462 e. The van der Waals surface area contributed by atoms with E-state index in [1.54, 1.807) is 38.3 Å². The molecular weight excluding hydrogens is 514 g/mol. The van der Waals surface area contributed by atoms with Crippen molar-refractivity contribution in [2.75, 3.05) is 18.6 Å². The molecule has 2 aromatic rings. The minimum atomic E-state index is -3.44. The second kappa shape index (κ2) is 10.4. The fraction of sp³-hybridized carbons (Fsp3) is 0.560. The number of halogens is 1. The van der Waals surface area contributed by atoms with Crippen LogP contribution in [-0.4, -0.2) is 59.0 Å². The maximum absolute atomic E-state index is 16.1. The van der Waals surface area contributed by atoms with Gasteiger partial charge in [-0.15, -0.1) is 0 Å². The van der Waals surface area contributed by atoms with Crippen LogP contribution in [0.25, 0.3) is 11.0 Å². The van der Waals surface area contributed by atoms with Crippen LogP contribution in [0.1, 0.15) is 52.8 Å². The summed E-state index contributed by atoms with van der Waals surface area (Å²) in [4.78, 5) is 20.7. The third-order valence-corrected chi connectivity index (χ3v) is 8.58. The van der Waals surface area contributed by atoms with Crippen LogP contribution in [0.4, 0.5) is 10.1 Å². The van der Waals surface area contributed by atoms with E-state index in [2.05, 4.69) is 27.0 Å². The predicted octanol–water partition coefficient (Wildman–Crippen LogP) is 4.06. The van der Waals surface area contributed by atoms with Gasteiger partial charge in [0.15, 0.2) is 12.4 Å². The van der Waals surface area contributed by atoms with Gasteiger partial charge in [0, 0.05) is 17.6 Å². The number of imidazole rings is 1. The number of benzene rings is 1. The van der Waals surface area contributed by atoms with Gasteiger partial charge in [0.1, 0.15) is 17.7 Å². The van der Waals surface area contributed by atoms with Crippen molar-refractivity contribution in [1.29, 1.82) is 0 Å². The molecule has 0 amide bonds. The third-order valence-electron chi connectivity index (χ3n) is 7.09. The number of nitrogens with two attached hydrogens (primary N) is 1. The summed E-state index contributed by atoms with van der Waals surface area (Å²) < 4.78 is 47.9. The zero-order valence-corrected chi connectivity index (χ0v) is 23.4. The number of carbonyl (C=O) groups is 1. The van der Waals surface area contributed by atoms with Crippen LogP contribution in [0.2, 0.25) is 0 Å². The number of hydrogen-bond acceptors (Lipinski definition) is 9. The molecule has 1 aromatic carbocycles. The summed E-state index contributed by atoms with van der Waals surface area (Å²) in [5, 5.41) is 5.78. The van der Waals surface area contributed by atoms with Crippen LogP contribution < -0.4 is 16.1 Å². The van der Waals surface area contributed by atoms with Gasteiger partial charge in [-0.2, -0.15) is 0 Å². The Kier molecular flexibility index (Phi) is 7.73. The predicted molar refractivity (Wildman–Crippen MR) is 144 cm³/mol. The molecule has 6 atom stereocenters. The van der Waals surface area contributed by atoms with Gasteiger partial charge >= 0.3 is 5.97 Å². The minimum absolute atomic E-state index is 0.135. The Bertz CT molecular complexity index is 1330. The maximum Gasteiger partial charge on any atom is 0.323 e. The fourth-order valence-corrected chi connectivity index (χ4v) is 6.03. The summed E-state index contributed by atoms with van der Waals surface area (Å²) in [5.41, 5.74) is 7.74. The van der Waals surface area contributed by atoms with Gasteiger partial charge in [-0.3, -0.25) is 9.36 Å². The van der Waals surface area contributed by atoms with Crippen LogP contribution in [0.3, 0.4) is 0 Å². The zero-order valence-electron chi connectivity index (χ0n) is 22.5. The van der Waals surface area contributed by atoms with Crippen LogP contribution >= 0.6 is 7.52 Å². The molecule has 1 fully saturated rings. The summed E-state index contributed by atoms with van der Waals surface area (Å²) in [6, 6.07) is 2.75. The van der Waals surface area contributed by atoms with E-state index in [-0.39, 0.29) is 12.7 Å². The number of esters is 1. The first-order valence-corrected chi connectivity index (χ1v) is 14.6. The number of nitrogens with one attached hydrogen (secondary N) is 2. The average Bonchev–Trinajstić information content (AvgIpc) is 3.34. The monoisotopic (exact) mass is 550 g/mol. The first-order valence-electron chi connectivity index (χ1n) is 12.6. The van der Waals surface area contributed by atoms with Gasteiger partial charge in [0.25, 0.3) is 7.52 Å². The molecule has 2 unspecified atom stereocenters. The van der Waals surface area contributed by atoms with Gasteiger partial charge in [-0.05, 0) is 39.3 Å². The molecule has 0 saturated carbocycles. The molecular formula is C25H36FN6O5P. The Morgan fingerprint density at radius 3 is 2.79 bits per heavy atom. The number of aliphatic imine (C=N–C) groups is 1. The zero-order chi connectivity index (χ0) is 28.0. The smallest absolute Gasteiger partial charge is 0.323 e. The van der Waals surface area contributed by atoms with Gasteiger partial charge in [-0.1, -0.05) is 20.4 Å². The molecule has 38 heavy (non-hydrogen) atoms. The molecule has 1 aromatic heterocycles. The lowest BCUT2D eigenvalue weighted by atomic mass is 9.79. The normalized spacial score (nSPS) is 27.5. The van der Waals surface area contributed by atoms with Crippen molar-refractivity contribution in [3.8, 4) is 0 Å². The van der Waals surface area contributed by atoms with Crippen molar-refractivity contribution >= 4 is 36.0 Å². The maximum atomic E-state index is 16.1. The highest BCUT2D eigenvalue weighted by Gasteiger charge is 2.54. The summed E-state index contributed by atoms with van der Waals surface area (Å²) in [7, 11) is -3.44. The number of hydrogen-bond donors (Lipinski definition) is 3. The topological polar surface area (TPSA) is 142 Å². The Morgan fingerprint density at radius 2 is 2.13 bits per heavy atom. The highest BCUT2D eigenvalue weighted by atomic mass is 31.2. The fourth-order valence-electron chi connectivity index (χ4n) is 4.72. The van der Waals surface area contributed by atoms with E-state index in [1.165, 1.54) is 13.0 Å². The number of carbonyl (C=O) groups excluding carboxylic acids is 1. The lowest BCUT2D eigenvalue weighted by Gasteiger charge is -2.31. The van der Waals surface area contributed by atoms with Crippen molar-refractivity contribution < 1.29 is 27.7 Å². The highest BCUT2D eigenvalue weighted by Crippen LogP contribution is 2.50. The summed E-state index contributed by atoms with van der Waals surface area (Å²) in [6.45, 7) is 13.7. The number of nitrogens with zero attached hydrogens (tertiary/aromatic N) is 3. The number of ether oxygens (including phenoxy) is 2. The van der Waals surface area contributed by atoms with Gasteiger partial charge in [0.2, 0.25) is 0 Å². The van der Waals surface area contributed by atoms with E-state index in [0.29, 0.717) is 40.4 Å². The molecule has 13 heteroatoms. The number of alkyl halides is 1. The third kappa shape index (κ3) is 5.36. The van der Waals surface area contributed by atoms with E-state index in [4.69, 9.17) is 19.7 Å². The molecule has 0 bridgehead atoms. The first-order chi connectivity index (χ1) is 17.8.